The number of ether oxygens (including phenoxy) is 1. The molecule has 2 rings (SSSR count). The van der Waals surface area contributed by atoms with E-state index in [4.69, 9.17) is 4.74 Å². The molecule has 0 aromatic carbocycles. The maximum Gasteiger partial charge on any atom is 0.309 e. The average Bonchev–Trinajstić information content (AvgIpc) is 2.45. The Hall–Kier alpha value is -0.860. The Labute approximate surface area is 90.2 Å². The summed E-state index contributed by atoms with van der Waals surface area (Å²) in [5.41, 5.74) is 0. The van der Waals surface area contributed by atoms with E-state index in [-0.39, 0.29) is 29.8 Å². The Morgan fingerprint density at radius 2 is 2.00 bits per heavy atom. The first-order valence-corrected chi connectivity index (χ1v) is 5.72. The lowest BCUT2D eigenvalue weighted by Gasteiger charge is -2.38. The van der Waals surface area contributed by atoms with Crippen LogP contribution in [0.1, 0.15) is 27.2 Å². The molecule has 0 N–H and O–H groups in total. The van der Waals surface area contributed by atoms with Crippen molar-refractivity contribution in [2.75, 3.05) is 0 Å². The molecule has 0 unspecified atom stereocenters. The molecular weight excluding hydrogens is 192 g/mol. The van der Waals surface area contributed by atoms with E-state index >= 15 is 0 Å². The number of hydrogen-bond donors (Lipinski definition) is 0. The minimum Gasteiger partial charge on any atom is -0.462 e. The zero-order chi connectivity index (χ0) is 11.2. The Morgan fingerprint density at radius 1 is 1.33 bits per heavy atom. The molecule has 2 fully saturated rings. The van der Waals surface area contributed by atoms with Crippen LogP contribution in [-0.2, 0) is 14.3 Å². The number of esters is 1. The van der Waals surface area contributed by atoms with Gasteiger partial charge in [0.25, 0.3) is 0 Å². The van der Waals surface area contributed by atoms with Gasteiger partial charge in [0.2, 0.25) is 0 Å². The molecule has 3 heteroatoms. The molecule has 2 aliphatic rings. The van der Waals surface area contributed by atoms with Crippen molar-refractivity contribution in [3.63, 3.8) is 0 Å². The minimum absolute atomic E-state index is 0.0137. The molecule has 6 atom stereocenters. The van der Waals surface area contributed by atoms with E-state index in [1.54, 1.807) is 0 Å². The highest BCUT2D eigenvalue weighted by Crippen LogP contribution is 2.47. The van der Waals surface area contributed by atoms with Crippen molar-refractivity contribution in [3.05, 3.63) is 0 Å². The zero-order valence-electron chi connectivity index (χ0n) is 9.47. The van der Waals surface area contributed by atoms with Crippen LogP contribution in [0.4, 0.5) is 0 Å². The van der Waals surface area contributed by atoms with Crippen molar-refractivity contribution < 1.29 is 14.3 Å². The first kappa shape index (κ1) is 10.7. The summed E-state index contributed by atoms with van der Waals surface area (Å²) in [6.45, 7) is 6.13. The van der Waals surface area contributed by atoms with Crippen LogP contribution < -0.4 is 0 Å². The minimum atomic E-state index is -0.0990. The second-order valence-corrected chi connectivity index (χ2v) is 5.11. The summed E-state index contributed by atoms with van der Waals surface area (Å²) in [5, 5.41) is 0. The fraction of sp³-hybridized carbons (Fsp3) is 0.833. The van der Waals surface area contributed by atoms with Gasteiger partial charge in [0, 0.05) is 11.8 Å². The average molecular weight is 210 g/mol. The van der Waals surface area contributed by atoms with Crippen molar-refractivity contribution >= 4 is 12.3 Å². The number of carbonyl (C=O) groups is 2. The van der Waals surface area contributed by atoms with E-state index in [1.807, 2.05) is 6.92 Å². The number of aldehydes is 1. The van der Waals surface area contributed by atoms with Crippen LogP contribution in [0.3, 0.4) is 0 Å². The van der Waals surface area contributed by atoms with E-state index < -0.39 is 0 Å². The van der Waals surface area contributed by atoms with E-state index in [0.717, 1.165) is 12.7 Å². The summed E-state index contributed by atoms with van der Waals surface area (Å²) in [6.07, 6.45) is 1.81. The first-order chi connectivity index (χ1) is 7.06. The molecule has 0 spiro atoms. The molecule has 3 nitrogen and oxygen atoms in total. The van der Waals surface area contributed by atoms with Crippen molar-refractivity contribution in [3.8, 4) is 0 Å². The highest BCUT2D eigenvalue weighted by atomic mass is 16.6. The number of cyclic esters (lactones) is 1. The van der Waals surface area contributed by atoms with Gasteiger partial charge in [0.1, 0.15) is 12.4 Å². The van der Waals surface area contributed by atoms with Crippen LogP contribution in [0.25, 0.3) is 0 Å². The largest absolute Gasteiger partial charge is 0.462 e. The summed E-state index contributed by atoms with van der Waals surface area (Å²) in [7, 11) is 0. The summed E-state index contributed by atoms with van der Waals surface area (Å²) in [5.74, 6) is 0.751. The first-order valence-electron chi connectivity index (χ1n) is 5.72. The Balaban J connectivity index is 2.29. The van der Waals surface area contributed by atoms with Gasteiger partial charge >= 0.3 is 5.97 Å². The zero-order valence-corrected chi connectivity index (χ0v) is 9.47. The maximum absolute atomic E-state index is 11.6. The van der Waals surface area contributed by atoms with Gasteiger partial charge in [0.05, 0.1) is 5.92 Å². The monoisotopic (exact) mass is 210 g/mol. The molecule has 1 saturated carbocycles. The molecule has 0 aromatic rings. The maximum atomic E-state index is 11.6. The van der Waals surface area contributed by atoms with Gasteiger partial charge in [-0.3, -0.25) is 4.79 Å². The van der Waals surface area contributed by atoms with Gasteiger partial charge in [0.15, 0.2) is 0 Å². The van der Waals surface area contributed by atoms with Gasteiger partial charge in [-0.05, 0) is 25.2 Å². The van der Waals surface area contributed by atoms with Crippen LogP contribution in [0.2, 0.25) is 0 Å². The van der Waals surface area contributed by atoms with Crippen molar-refractivity contribution in [1.29, 1.82) is 0 Å². The van der Waals surface area contributed by atoms with Crippen LogP contribution in [0, 0.1) is 29.6 Å². The molecule has 1 heterocycles. The molecular formula is C12H18O3. The predicted molar refractivity (Wildman–Crippen MR) is 55.0 cm³/mol. The van der Waals surface area contributed by atoms with E-state index in [1.165, 1.54) is 0 Å². The molecule has 0 aromatic heterocycles. The highest BCUT2D eigenvalue weighted by molar-refractivity contribution is 5.76. The normalized spacial score (nSPS) is 49.7. The fourth-order valence-electron chi connectivity index (χ4n) is 3.23. The van der Waals surface area contributed by atoms with Crippen LogP contribution in [0.5, 0.6) is 0 Å². The number of carbonyl (C=O) groups excluding carboxylic acids is 2. The summed E-state index contributed by atoms with van der Waals surface area (Å²) in [4.78, 5) is 22.7. The van der Waals surface area contributed by atoms with Crippen LogP contribution >= 0.6 is 0 Å². The standard InChI is InChI=1S/C12H18O3/c1-6-4-9-11(8(3)15-12(9)14)10(5-13)7(6)2/h5-11H,4H2,1-3H3/t6-,7+,8+,9+,10-,11+/m0/s1. The fourth-order valence-corrected chi connectivity index (χ4v) is 3.23. The third-order valence-corrected chi connectivity index (χ3v) is 4.34. The number of hydrogen-bond acceptors (Lipinski definition) is 3. The second kappa shape index (κ2) is 3.62. The van der Waals surface area contributed by atoms with E-state index in [9.17, 15) is 9.59 Å². The third kappa shape index (κ3) is 1.48. The molecule has 84 valence electrons. The summed E-state index contributed by atoms with van der Waals surface area (Å²) >= 11 is 0. The van der Waals surface area contributed by atoms with E-state index in [0.29, 0.717) is 11.8 Å². The Kier molecular flexibility index (Phi) is 2.57. The molecule has 1 saturated heterocycles. The predicted octanol–water partition coefficient (Wildman–Crippen LogP) is 1.66. The van der Waals surface area contributed by atoms with E-state index in [2.05, 4.69) is 13.8 Å². The van der Waals surface area contributed by atoms with Crippen molar-refractivity contribution in [1.82, 2.24) is 0 Å². The molecule has 1 aliphatic heterocycles. The number of fused-ring (bicyclic) bond motifs is 1. The summed E-state index contributed by atoms with van der Waals surface area (Å²) in [6, 6.07) is 0. The highest BCUT2D eigenvalue weighted by Gasteiger charge is 2.52. The second-order valence-electron chi connectivity index (χ2n) is 5.11. The lowest BCUT2D eigenvalue weighted by Crippen LogP contribution is -2.41. The lowest BCUT2D eigenvalue weighted by molar-refractivity contribution is -0.144. The molecule has 1 aliphatic carbocycles. The quantitative estimate of drug-likeness (QED) is 0.488. The number of rotatable bonds is 1. The van der Waals surface area contributed by atoms with Gasteiger partial charge < -0.3 is 9.53 Å². The summed E-state index contributed by atoms with van der Waals surface area (Å²) < 4.78 is 5.24. The van der Waals surface area contributed by atoms with Crippen molar-refractivity contribution in [2.24, 2.45) is 29.6 Å². The Morgan fingerprint density at radius 3 is 2.60 bits per heavy atom. The van der Waals surface area contributed by atoms with Crippen LogP contribution in [-0.4, -0.2) is 18.4 Å². The topological polar surface area (TPSA) is 43.4 Å². The van der Waals surface area contributed by atoms with Gasteiger partial charge in [-0.15, -0.1) is 0 Å². The molecule has 0 radical (unpaired) electrons. The van der Waals surface area contributed by atoms with Gasteiger partial charge in [-0.25, -0.2) is 0 Å². The third-order valence-electron chi connectivity index (χ3n) is 4.34. The SMILES string of the molecule is C[C@H]1[C@H](C=O)[C@@H]2[C@@H](C)OC(=O)[C@@H]2C[C@@H]1C. The molecule has 15 heavy (non-hydrogen) atoms. The molecule has 0 amide bonds. The molecule has 0 bridgehead atoms. The van der Waals surface area contributed by atoms with Crippen molar-refractivity contribution in [2.45, 2.75) is 33.3 Å². The smallest absolute Gasteiger partial charge is 0.309 e. The lowest BCUT2D eigenvalue weighted by atomic mass is 9.63. The van der Waals surface area contributed by atoms with Gasteiger partial charge in [-0.2, -0.15) is 0 Å². The van der Waals surface area contributed by atoms with Gasteiger partial charge in [-0.1, -0.05) is 13.8 Å². The Bertz CT molecular complexity index is 287. The van der Waals surface area contributed by atoms with Crippen LogP contribution in [0.15, 0.2) is 0 Å².